The summed E-state index contributed by atoms with van der Waals surface area (Å²) in [6, 6.07) is -0.301. The molecular weight excluding hydrogens is 442 g/mol. The summed E-state index contributed by atoms with van der Waals surface area (Å²) in [6.45, 7) is 9.37. The minimum absolute atomic E-state index is 0.0426. The van der Waals surface area contributed by atoms with E-state index in [9.17, 15) is 24.9 Å². The fourth-order valence-corrected chi connectivity index (χ4v) is 7.18. The predicted molar refractivity (Wildman–Crippen MR) is 128 cm³/mol. The maximum absolute atomic E-state index is 13.2. The van der Waals surface area contributed by atoms with E-state index in [0.29, 0.717) is 36.7 Å². The molecule has 0 bridgehead atoms. The van der Waals surface area contributed by atoms with Gasteiger partial charge in [-0.1, -0.05) is 27.7 Å². The van der Waals surface area contributed by atoms with Crippen molar-refractivity contribution in [3.8, 4) is 0 Å². The minimum Gasteiger partial charge on any atom is -0.396 e. The highest BCUT2D eigenvalue weighted by atomic mass is 32.1. The Bertz CT molecular complexity index is 874. The van der Waals surface area contributed by atoms with Gasteiger partial charge in [-0.2, -0.15) is 0 Å². The van der Waals surface area contributed by atoms with Crippen molar-refractivity contribution >= 4 is 28.3 Å². The third kappa shape index (κ3) is 5.11. The molecule has 1 fully saturated rings. The summed E-state index contributed by atoms with van der Waals surface area (Å²) in [6.07, 6.45) is 2.18. The van der Waals surface area contributed by atoms with Crippen molar-refractivity contribution < 1.29 is 24.9 Å². The molecule has 0 spiro atoms. The van der Waals surface area contributed by atoms with Crippen LogP contribution in [0.5, 0.6) is 0 Å². The Balaban J connectivity index is 1.98. The third-order valence-corrected chi connectivity index (χ3v) is 8.92. The van der Waals surface area contributed by atoms with Crippen LogP contribution >= 0.6 is 11.3 Å². The molecule has 0 aliphatic heterocycles. The molecule has 1 aromatic heterocycles. The van der Waals surface area contributed by atoms with Crippen LogP contribution in [-0.4, -0.2) is 57.5 Å². The summed E-state index contributed by atoms with van der Waals surface area (Å²) in [5, 5.41) is 37.1. The van der Waals surface area contributed by atoms with E-state index in [1.807, 2.05) is 6.92 Å². The molecule has 2 aliphatic carbocycles. The molecule has 6 unspecified atom stereocenters. The van der Waals surface area contributed by atoms with Crippen molar-refractivity contribution in [2.45, 2.75) is 84.8 Å². The Kier molecular flexibility index (Phi) is 7.88. The third-order valence-electron chi connectivity index (χ3n) is 7.91. The number of rotatable bonds is 8. The molecular formula is C24H39N3O5S. The summed E-state index contributed by atoms with van der Waals surface area (Å²) < 4.78 is 0. The van der Waals surface area contributed by atoms with Gasteiger partial charge in [-0.15, -0.1) is 11.3 Å². The van der Waals surface area contributed by atoms with E-state index >= 15 is 0 Å². The molecule has 2 aliphatic rings. The second-order valence-electron chi connectivity index (χ2n) is 10.8. The number of nitrogens with zero attached hydrogens (tertiary/aromatic N) is 1. The zero-order valence-electron chi connectivity index (χ0n) is 20.4. The first-order valence-corrected chi connectivity index (χ1v) is 12.7. The number of aromatic nitrogens is 1. The van der Waals surface area contributed by atoms with E-state index in [-0.39, 0.29) is 54.7 Å². The lowest BCUT2D eigenvalue weighted by Gasteiger charge is -2.58. The van der Waals surface area contributed by atoms with Gasteiger partial charge in [-0.3, -0.25) is 9.59 Å². The highest BCUT2D eigenvalue weighted by Gasteiger charge is 2.59. The quantitative estimate of drug-likeness (QED) is 0.387. The van der Waals surface area contributed by atoms with Crippen LogP contribution in [0.2, 0.25) is 0 Å². The predicted octanol–water partition coefficient (Wildman–Crippen LogP) is 2.43. The van der Waals surface area contributed by atoms with Crippen LogP contribution in [0.25, 0.3) is 0 Å². The number of amides is 2. The first-order chi connectivity index (χ1) is 15.4. The lowest BCUT2D eigenvalue weighted by atomic mass is 9.47. The zero-order chi connectivity index (χ0) is 24.6. The van der Waals surface area contributed by atoms with Crippen molar-refractivity contribution in [3.05, 3.63) is 10.6 Å². The van der Waals surface area contributed by atoms with E-state index in [0.717, 1.165) is 10.6 Å². The maximum atomic E-state index is 13.2. The van der Waals surface area contributed by atoms with Gasteiger partial charge in [0.05, 0.1) is 31.1 Å². The number of aliphatic hydroxyl groups is 3. The molecule has 1 saturated carbocycles. The van der Waals surface area contributed by atoms with E-state index in [2.05, 4.69) is 31.4 Å². The monoisotopic (exact) mass is 481 g/mol. The zero-order valence-corrected chi connectivity index (χ0v) is 21.2. The van der Waals surface area contributed by atoms with E-state index in [4.69, 9.17) is 4.98 Å². The molecule has 5 N–H and O–H groups in total. The van der Waals surface area contributed by atoms with Gasteiger partial charge in [-0.25, -0.2) is 4.98 Å². The second kappa shape index (κ2) is 9.98. The van der Waals surface area contributed by atoms with Crippen molar-refractivity contribution in [2.24, 2.45) is 22.7 Å². The molecule has 8 nitrogen and oxygen atoms in total. The summed E-state index contributed by atoms with van der Waals surface area (Å²) in [4.78, 5) is 30.5. The number of fused-ring (bicyclic) bond motifs is 2. The number of hydrogen-bond donors (Lipinski definition) is 5. The molecule has 3 rings (SSSR count). The largest absolute Gasteiger partial charge is 0.396 e. The smallest absolute Gasteiger partial charge is 0.223 e. The number of hydrogen-bond acceptors (Lipinski definition) is 7. The Labute approximate surface area is 200 Å². The van der Waals surface area contributed by atoms with Crippen LogP contribution in [0.4, 0.5) is 5.13 Å². The first-order valence-electron chi connectivity index (χ1n) is 11.9. The van der Waals surface area contributed by atoms with Gasteiger partial charge < -0.3 is 26.0 Å². The highest BCUT2D eigenvalue weighted by molar-refractivity contribution is 7.15. The number of thiazole rings is 1. The van der Waals surface area contributed by atoms with E-state index < -0.39 is 11.5 Å². The normalized spacial score (nSPS) is 32.1. The summed E-state index contributed by atoms with van der Waals surface area (Å²) in [7, 11) is 0. The van der Waals surface area contributed by atoms with Crippen molar-refractivity contribution in [1.29, 1.82) is 0 Å². The highest BCUT2D eigenvalue weighted by Crippen LogP contribution is 2.62. The van der Waals surface area contributed by atoms with E-state index in [1.54, 1.807) is 0 Å². The standard InChI is InChI=1S/C24H39N3O5S/c1-13(2)8-15(11-28)26-20(32)9-16-21-17(33-22(27-21)25-14(3)30)10-18-23(16,4)7-6-19(31)24(18,5)12-29/h13,15-16,18-19,28-29,31H,6-12H2,1-5H3,(H,26,32)(H,25,27,30). The Morgan fingerprint density at radius 3 is 2.55 bits per heavy atom. The topological polar surface area (TPSA) is 132 Å². The Morgan fingerprint density at radius 1 is 1.27 bits per heavy atom. The van der Waals surface area contributed by atoms with Gasteiger partial charge in [0, 0.05) is 29.6 Å². The van der Waals surface area contributed by atoms with Gasteiger partial charge in [0.15, 0.2) is 5.13 Å². The average Bonchev–Trinajstić information content (AvgIpc) is 3.13. The van der Waals surface area contributed by atoms with Crippen molar-refractivity contribution in [3.63, 3.8) is 0 Å². The minimum atomic E-state index is -0.692. The van der Waals surface area contributed by atoms with Crippen molar-refractivity contribution in [2.75, 3.05) is 18.5 Å². The SMILES string of the molecule is CC(=O)Nc1nc2c(s1)CC1C(C)(CO)C(O)CCC1(C)C2CC(=O)NC(CO)CC(C)C. The van der Waals surface area contributed by atoms with Gasteiger partial charge in [-0.05, 0) is 42.9 Å². The van der Waals surface area contributed by atoms with Gasteiger partial charge in [0.2, 0.25) is 11.8 Å². The number of carbonyl (C=O) groups excluding carboxylic acids is 2. The molecule has 9 heteroatoms. The lowest BCUT2D eigenvalue weighted by molar-refractivity contribution is -0.144. The Morgan fingerprint density at radius 2 is 1.97 bits per heavy atom. The second-order valence-corrected chi connectivity index (χ2v) is 11.9. The molecule has 0 radical (unpaired) electrons. The number of aliphatic hydroxyl groups excluding tert-OH is 3. The van der Waals surface area contributed by atoms with Gasteiger partial charge in [0.1, 0.15) is 0 Å². The van der Waals surface area contributed by atoms with Crippen LogP contribution < -0.4 is 10.6 Å². The van der Waals surface area contributed by atoms with Crippen LogP contribution in [0, 0.1) is 22.7 Å². The molecule has 33 heavy (non-hydrogen) atoms. The summed E-state index contributed by atoms with van der Waals surface area (Å²) in [5.74, 6) is -0.261. The Hall–Kier alpha value is -1.55. The molecule has 186 valence electrons. The van der Waals surface area contributed by atoms with Gasteiger partial charge >= 0.3 is 0 Å². The van der Waals surface area contributed by atoms with Crippen LogP contribution in [-0.2, 0) is 16.0 Å². The number of anilines is 1. The average molecular weight is 482 g/mol. The number of carbonyl (C=O) groups is 2. The maximum Gasteiger partial charge on any atom is 0.223 e. The fourth-order valence-electron chi connectivity index (χ4n) is 6.07. The molecule has 1 heterocycles. The van der Waals surface area contributed by atoms with Gasteiger partial charge in [0.25, 0.3) is 0 Å². The molecule has 0 aromatic carbocycles. The molecule has 6 atom stereocenters. The summed E-state index contributed by atoms with van der Waals surface area (Å²) in [5.41, 5.74) is -0.211. The number of nitrogens with one attached hydrogen (secondary N) is 2. The molecule has 2 amide bonds. The fraction of sp³-hybridized carbons (Fsp3) is 0.792. The summed E-state index contributed by atoms with van der Waals surface area (Å²) >= 11 is 1.41. The van der Waals surface area contributed by atoms with Crippen molar-refractivity contribution in [1.82, 2.24) is 10.3 Å². The lowest BCUT2D eigenvalue weighted by Crippen LogP contribution is -2.58. The van der Waals surface area contributed by atoms with Crippen LogP contribution in [0.3, 0.4) is 0 Å². The van der Waals surface area contributed by atoms with Crippen LogP contribution in [0.1, 0.15) is 76.8 Å². The van der Waals surface area contributed by atoms with E-state index in [1.165, 1.54) is 18.3 Å². The first kappa shape index (κ1) is 26.1. The van der Waals surface area contributed by atoms with Crippen LogP contribution in [0.15, 0.2) is 0 Å². The molecule has 0 saturated heterocycles. The molecule has 1 aromatic rings.